The van der Waals surface area contributed by atoms with Crippen LogP contribution < -0.4 is 5.32 Å². The molecule has 1 atom stereocenters. The third kappa shape index (κ3) is 3.11. The molecule has 1 saturated carbocycles. The number of rotatable bonds is 5. The summed E-state index contributed by atoms with van der Waals surface area (Å²) in [5.41, 5.74) is 0. The summed E-state index contributed by atoms with van der Waals surface area (Å²) < 4.78 is 0. The van der Waals surface area contributed by atoms with Crippen LogP contribution in [0.15, 0.2) is 11.6 Å². The molecule has 1 aromatic heterocycles. The third-order valence-electron chi connectivity index (χ3n) is 4.28. The van der Waals surface area contributed by atoms with Gasteiger partial charge in [0.05, 0.1) is 6.04 Å². The van der Waals surface area contributed by atoms with Crippen molar-refractivity contribution in [3.8, 4) is 0 Å². The Morgan fingerprint density at radius 2 is 2.17 bits per heavy atom. The van der Waals surface area contributed by atoms with Gasteiger partial charge in [-0.15, -0.1) is 11.3 Å². The van der Waals surface area contributed by atoms with Gasteiger partial charge >= 0.3 is 0 Å². The highest BCUT2D eigenvalue weighted by Gasteiger charge is 2.26. The van der Waals surface area contributed by atoms with Gasteiger partial charge in [-0.2, -0.15) is 0 Å². The standard InChI is InChI=1S/C14H23N3S/c1-11(14-15-6-9-18-14)17-7-4-13(5-8-17)16-10-12-2-3-12/h6,9,11-13,16H,2-5,7-8,10H2,1H3. The summed E-state index contributed by atoms with van der Waals surface area (Å²) in [6, 6.07) is 1.25. The van der Waals surface area contributed by atoms with Gasteiger partial charge in [0, 0.05) is 30.7 Å². The van der Waals surface area contributed by atoms with Crippen LogP contribution in [0, 0.1) is 5.92 Å². The Labute approximate surface area is 114 Å². The first kappa shape index (κ1) is 12.6. The van der Waals surface area contributed by atoms with Crippen LogP contribution in [0.3, 0.4) is 0 Å². The second-order valence-corrected chi connectivity index (χ2v) is 6.63. The van der Waals surface area contributed by atoms with E-state index in [0.717, 1.165) is 12.0 Å². The zero-order chi connectivity index (χ0) is 12.4. The molecule has 2 heterocycles. The maximum absolute atomic E-state index is 4.44. The molecule has 0 aromatic carbocycles. The van der Waals surface area contributed by atoms with E-state index in [4.69, 9.17) is 0 Å². The first-order valence-electron chi connectivity index (χ1n) is 7.20. The van der Waals surface area contributed by atoms with Crippen molar-refractivity contribution in [3.05, 3.63) is 16.6 Å². The molecule has 1 saturated heterocycles. The van der Waals surface area contributed by atoms with Crippen molar-refractivity contribution in [2.45, 2.75) is 44.7 Å². The minimum Gasteiger partial charge on any atom is -0.314 e. The molecule has 1 N–H and O–H groups in total. The van der Waals surface area contributed by atoms with E-state index in [1.807, 2.05) is 6.20 Å². The lowest BCUT2D eigenvalue weighted by Crippen LogP contribution is -2.43. The molecule has 100 valence electrons. The number of piperidine rings is 1. The van der Waals surface area contributed by atoms with Gasteiger partial charge in [-0.05, 0) is 45.1 Å². The molecule has 0 radical (unpaired) electrons. The summed E-state index contributed by atoms with van der Waals surface area (Å²) in [6.45, 7) is 5.97. The van der Waals surface area contributed by atoms with Gasteiger partial charge in [-0.3, -0.25) is 4.90 Å². The molecule has 2 aliphatic rings. The predicted molar refractivity (Wildman–Crippen MR) is 75.9 cm³/mol. The van der Waals surface area contributed by atoms with Gasteiger partial charge in [-0.25, -0.2) is 4.98 Å². The van der Waals surface area contributed by atoms with Crippen LogP contribution in [0.25, 0.3) is 0 Å². The summed E-state index contributed by atoms with van der Waals surface area (Å²) in [5, 5.41) is 7.08. The molecule has 3 nitrogen and oxygen atoms in total. The second kappa shape index (κ2) is 5.68. The Balaban J connectivity index is 1.44. The zero-order valence-electron chi connectivity index (χ0n) is 11.1. The number of likely N-dealkylation sites (tertiary alicyclic amines) is 1. The molecule has 1 aromatic rings. The number of nitrogens with zero attached hydrogens (tertiary/aromatic N) is 2. The highest BCUT2D eigenvalue weighted by Crippen LogP contribution is 2.29. The van der Waals surface area contributed by atoms with Gasteiger partial charge < -0.3 is 5.32 Å². The zero-order valence-corrected chi connectivity index (χ0v) is 12.0. The lowest BCUT2D eigenvalue weighted by molar-refractivity contribution is 0.152. The first-order valence-corrected chi connectivity index (χ1v) is 8.07. The minimum absolute atomic E-state index is 0.495. The van der Waals surface area contributed by atoms with Gasteiger partial charge in [0.1, 0.15) is 5.01 Å². The topological polar surface area (TPSA) is 28.2 Å². The molecule has 0 amide bonds. The van der Waals surface area contributed by atoms with E-state index in [1.54, 1.807) is 11.3 Å². The summed E-state index contributed by atoms with van der Waals surface area (Å²) in [6.07, 6.45) is 7.41. The third-order valence-corrected chi connectivity index (χ3v) is 5.22. The quantitative estimate of drug-likeness (QED) is 0.887. The minimum atomic E-state index is 0.495. The molecule has 1 aliphatic heterocycles. The van der Waals surface area contributed by atoms with Crippen LogP contribution in [0.5, 0.6) is 0 Å². The molecular formula is C14H23N3S. The molecule has 0 bridgehead atoms. The predicted octanol–water partition coefficient (Wildman–Crippen LogP) is 2.67. The fourth-order valence-electron chi connectivity index (χ4n) is 2.74. The van der Waals surface area contributed by atoms with E-state index in [1.165, 1.54) is 50.3 Å². The van der Waals surface area contributed by atoms with E-state index in [2.05, 4.69) is 27.5 Å². The van der Waals surface area contributed by atoms with Crippen molar-refractivity contribution in [1.29, 1.82) is 0 Å². The fraction of sp³-hybridized carbons (Fsp3) is 0.786. The van der Waals surface area contributed by atoms with Gasteiger partial charge in [-0.1, -0.05) is 0 Å². The smallest absolute Gasteiger partial charge is 0.109 e. The monoisotopic (exact) mass is 265 g/mol. The Kier molecular flexibility index (Phi) is 3.97. The van der Waals surface area contributed by atoms with E-state index in [-0.39, 0.29) is 0 Å². The Bertz CT molecular complexity index is 353. The summed E-state index contributed by atoms with van der Waals surface area (Å²) in [4.78, 5) is 7.02. The molecule has 3 rings (SSSR count). The first-order chi connectivity index (χ1) is 8.83. The van der Waals surface area contributed by atoms with Gasteiger partial charge in [0.15, 0.2) is 0 Å². The van der Waals surface area contributed by atoms with Gasteiger partial charge in [0.2, 0.25) is 0 Å². The normalized spacial score (nSPS) is 24.3. The van der Waals surface area contributed by atoms with Crippen LogP contribution in [0.1, 0.15) is 43.7 Å². The average Bonchev–Trinajstić information content (AvgIpc) is 3.08. The number of hydrogen-bond donors (Lipinski definition) is 1. The lowest BCUT2D eigenvalue weighted by atomic mass is 10.0. The van der Waals surface area contributed by atoms with Crippen LogP contribution in [0.4, 0.5) is 0 Å². The van der Waals surface area contributed by atoms with Crippen molar-refractivity contribution < 1.29 is 0 Å². The number of hydrogen-bond acceptors (Lipinski definition) is 4. The van der Waals surface area contributed by atoms with Crippen LogP contribution in [-0.2, 0) is 0 Å². The molecule has 1 aliphatic carbocycles. The largest absolute Gasteiger partial charge is 0.314 e. The SMILES string of the molecule is CC(c1nccs1)N1CCC(NCC2CC2)CC1. The average molecular weight is 265 g/mol. The summed E-state index contributed by atoms with van der Waals surface area (Å²) >= 11 is 1.78. The van der Waals surface area contributed by atoms with Crippen LogP contribution >= 0.6 is 11.3 Å². The van der Waals surface area contributed by atoms with Crippen molar-refractivity contribution >= 4 is 11.3 Å². The number of aromatic nitrogens is 1. The molecule has 2 fully saturated rings. The van der Waals surface area contributed by atoms with E-state index in [9.17, 15) is 0 Å². The summed E-state index contributed by atoms with van der Waals surface area (Å²) in [7, 11) is 0. The number of thiazole rings is 1. The Morgan fingerprint density at radius 1 is 1.39 bits per heavy atom. The Hall–Kier alpha value is -0.450. The fourth-order valence-corrected chi connectivity index (χ4v) is 3.47. The van der Waals surface area contributed by atoms with Crippen LogP contribution in [0.2, 0.25) is 0 Å². The molecular weight excluding hydrogens is 242 g/mol. The van der Waals surface area contributed by atoms with E-state index >= 15 is 0 Å². The van der Waals surface area contributed by atoms with Crippen LogP contribution in [-0.4, -0.2) is 35.6 Å². The number of nitrogens with one attached hydrogen (secondary N) is 1. The van der Waals surface area contributed by atoms with Crippen molar-refractivity contribution in [2.75, 3.05) is 19.6 Å². The molecule has 18 heavy (non-hydrogen) atoms. The maximum atomic E-state index is 4.44. The highest BCUT2D eigenvalue weighted by atomic mass is 32.1. The van der Waals surface area contributed by atoms with E-state index < -0.39 is 0 Å². The lowest BCUT2D eigenvalue weighted by Gasteiger charge is -2.35. The maximum Gasteiger partial charge on any atom is 0.109 e. The van der Waals surface area contributed by atoms with Crippen molar-refractivity contribution in [1.82, 2.24) is 15.2 Å². The van der Waals surface area contributed by atoms with Crippen molar-refractivity contribution in [2.24, 2.45) is 5.92 Å². The van der Waals surface area contributed by atoms with Gasteiger partial charge in [0.25, 0.3) is 0 Å². The van der Waals surface area contributed by atoms with E-state index in [0.29, 0.717) is 6.04 Å². The molecule has 4 heteroatoms. The Morgan fingerprint density at radius 3 is 2.78 bits per heavy atom. The highest BCUT2D eigenvalue weighted by molar-refractivity contribution is 7.09. The molecule has 0 spiro atoms. The molecule has 1 unspecified atom stereocenters. The van der Waals surface area contributed by atoms with Crippen molar-refractivity contribution in [3.63, 3.8) is 0 Å². The second-order valence-electron chi connectivity index (χ2n) is 5.71. The summed E-state index contributed by atoms with van der Waals surface area (Å²) in [5.74, 6) is 0.997.